The number of carbonyl (C=O) groups is 1. The Labute approximate surface area is 210 Å². The maximum atomic E-state index is 11.3. The van der Waals surface area contributed by atoms with Gasteiger partial charge < -0.3 is 14.9 Å². The number of hydrogen-bond donors (Lipinski definition) is 2. The molecule has 0 aromatic carbocycles. The standard InChI is InChI=1S/C16H25NO.C10H14O3S.C2H6/c1-2-16(9-4-10-16)15(18)6-3-5-13-7-8-14(11-13)12-17;1-2-3-8-4-5-9(14-8)10(12)13-7-6-11;1-2/h3,5,13-15,18H,2,4,6-11H2,1H3;4-5,11H,2-3,6-7H2,1H3;1-2H3/b5-3+;;/t13-,14+,15?;;/m0../s1. The summed E-state index contributed by atoms with van der Waals surface area (Å²) in [6.07, 6.45) is 15.1. The molecule has 2 aliphatic rings. The van der Waals surface area contributed by atoms with Gasteiger partial charge in [-0.1, -0.05) is 52.7 Å². The van der Waals surface area contributed by atoms with Crippen molar-refractivity contribution in [3.05, 3.63) is 34.0 Å². The number of aliphatic hydroxyl groups excluding tert-OH is 2. The molecule has 6 heteroatoms. The number of esters is 1. The number of hydrogen-bond acceptors (Lipinski definition) is 6. The van der Waals surface area contributed by atoms with Crippen molar-refractivity contribution in [2.45, 2.75) is 98.0 Å². The van der Waals surface area contributed by atoms with Crippen LogP contribution in [0.5, 0.6) is 0 Å². The van der Waals surface area contributed by atoms with Crippen LogP contribution in [0.2, 0.25) is 0 Å². The van der Waals surface area contributed by atoms with Crippen molar-refractivity contribution in [2.75, 3.05) is 13.2 Å². The molecular formula is C28H45NO4S. The minimum Gasteiger partial charge on any atom is -0.459 e. The Morgan fingerprint density at radius 3 is 2.59 bits per heavy atom. The SMILES string of the molecule is CC.CCC1(C(O)C/C=C/[C@H]2CC[C@@H](C#N)C2)CCC1.CCCc1ccc(C(=O)OCCO)s1. The summed E-state index contributed by atoms with van der Waals surface area (Å²) in [5.74, 6) is 0.491. The average Bonchev–Trinajstić information content (AvgIpc) is 3.49. The lowest BCUT2D eigenvalue weighted by atomic mass is 9.63. The van der Waals surface area contributed by atoms with E-state index in [1.54, 1.807) is 6.07 Å². The fourth-order valence-electron chi connectivity index (χ4n) is 4.59. The maximum absolute atomic E-state index is 11.3. The maximum Gasteiger partial charge on any atom is 0.348 e. The lowest BCUT2D eigenvalue weighted by molar-refractivity contribution is -0.0355. The molecule has 2 aliphatic carbocycles. The predicted molar refractivity (Wildman–Crippen MR) is 140 cm³/mol. The van der Waals surface area contributed by atoms with E-state index in [-0.39, 0.29) is 36.6 Å². The van der Waals surface area contributed by atoms with E-state index in [2.05, 4.69) is 32.1 Å². The van der Waals surface area contributed by atoms with E-state index >= 15 is 0 Å². The number of nitriles is 1. The molecule has 34 heavy (non-hydrogen) atoms. The van der Waals surface area contributed by atoms with E-state index in [4.69, 9.17) is 15.1 Å². The zero-order chi connectivity index (χ0) is 25.4. The summed E-state index contributed by atoms with van der Waals surface area (Å²) in [7, 11) is 0. The molecule has 2 fully saturated rings. The first-order valence-electron chi connectivity index (χ1n) is 13.1. The number of aryl methyl sites for hydroxylation is 1. The lowest BCUT2D eigenvalue weighted by Crippen LogP contribution is -2.40. The molecule has 0 radical (unpaired) electrons. The van der Waals surface area contributed by atoms with Gasteiger partial charge in [-0.05, 0) is 74.8 Å². The van der Waals surface area contributed by atoms with Crippen molar-refractivity contribution in [2.24, 2.45) is 17.3 Å². The van der Waals surface area contributed by atoms with Crippen molar-refractivity contribution in [1.82, 2.24) is 0 Å². The number of thiophene rings is 1. The Balaban J connectivity index is 0.000000326. The molecule has 2 N–H and O–H groups in total. The number of allylic oxidation sites excluding steroid dienone is 1. The van der Waals surface area contributed by atoms with Crippen molar-refractivity contribution >= 4 is 17.3 Å². The van der Waals surface area contributed by atoms with Crippen molar-refractivity contribution in [3.8, 4) is 6.07 Å². The number of ether oxygens (including phenoxy) is 1. The molecule has 2 saturated carbocycles. The van der Waals surface area contributed by atoms with E-state index in [0.29, 0.717) is 10.8 Å². The van der Waals surface area contributed by atoms with Gasteiger partial charge in [0.25, 0.3) is 0 Å². The quantitative estimate of drug-likeness (QED) is 0.281. The molecule has 1 aromatic rings. The van der Waals surface area contributed by atoms with Gasteiger partial charge in [0.2, 0.25) is 0 Å². The van der Waals surface area contributed by atoms with Crippen LogP contribution in [0.1, 0.15) is 100 Å². The van der Waals surface area contributed by atoms with Gasteiger partial charge >= 0.3 is 5.97 Å². The zero-order valence-corrected chi connectivity index (χ0v) is 22.4. The highest BCUT2D eigenvalue weighted by Crippen LogP contribution is 2.47. The summed E-state index contributed by atoms with van der Waals surface area (Å²) < 4.78 is 4.79. The molecule has 5 nitrogen and oxygen atoms in total. The van der Waals surface area contributed by atoms with Gasteiger partial charge in [0.1, 0.15) is 11.5 Å². The molecule has 3 atom stereocenters. The fraction of sp³-hybridized carbons (Fsp3) is 0.714. The summed E-state index contributed by atoms with van der Waals surface area (Å²) in [6.45, 7) is 8.24. The minimum atomic E-state index is -0.341. The summed E-state index contributed by atoms with van der Waals surface area (Å²) in [5, 5.41) is 27.6. The summed E-state index contributed by atoms with van der Waals surface area (Å²) >= 11 is 1.46. The van der Waals surface area contributed by atoms with E-state index < -0.39 is 0 Å². The van der Waals surface area contributed by atoms with Crippen molar-refractivity contribution in [3.63, 3.8) is 0 Å². The molecule has 0 amide bonds. The third-order valence-electron chi connectivity index (χ3n) is 6.87. The first-order valence-corrected chi connectivity index (χ1v) is 13.9. The number of nitrogens with zero attached hydrogens (tertiary/aromatic N) is 1. The van der Waals surface area contributed by atoms with Gasteiger partial charge in [-0.25, -0.2) is 4.79 Å². The summed E-state index contributed by atoms with van der Waals surface area (Å²) in [5.41, 5.74) is 0.217. The molecule has 3 rings (SSSR count). The second-order valence-corrected chi connectivity index (χ2v) is 10.2. The average molecular weight is 492 g/mol. The highest BCUT2D eigenvalue weighted by atomic mass is 32.1. The smallest absolute Gasteiger partial charge is 0.348 e. The third-order valence-corrected chi connectivity index (χ3v) is 7.99. The number of rotatable bonds is 10. The van der Waals surface area contributed by atoms with Crippen LogP contribution in [0.4, 0.5) is 0 Å². The lowest BCUT2D eigenvalue weighted by Gasteiger charge is -2.45. The van der Waals surface area contributed by atoms with Gasteiger partial charge in [-0.3, -0.25) is 0 Å². The second kappa shape index (κ2) is 16.9. The largest absolute Gasteiger partial charge is 0.459 e. The van der Waals surface area contributed by atoms with Crippen molar-refractivity contribution in [1.29, 1.82) is 5.26 Å². The molecule has 1 aromatic heterocycles. The Morgan fingerprint density at radius 2 is 2.06 bits per heavy atom. The van der Waals surface area contributed by atoms with Gasteiger partial charge in [0.05, 0.1) is 18.8 Å². The van der Waals surface area contributed by atoms with E-state index in [0.717, 1.165) is 44.9 Å². The van der Waals surface area contributed by atoms with Gasteiger partial charge in [-0.2, -0.15) is 5.26 Å². The van der Waals surface area contributed by atoms with Crippen LogP contribution in [0.25, 0.3) is 0 Å². The molecule has 0 aliphatic heterocycles. The van der Waals surface area contributed by atoms with Crippen LogP contribution in [-0.2, 0) is 11.2 Å². The number of aliphatic hydroxyl groups is 2. The van der Waals surface area contributed by atoms with Gasteiger partial charge in [-0.15, -0.1) is 11.3 Å². The van der Waals surface area contributed by atoms with Gasteiger partial charge in [0.15, 0.2) is 0 Å². The van der Waals surface area contributed by atoms with Crippen LogP contribution >= 0.6 is 11.3 Å². The molecule has 192 valence electrons. The minimum absolute atomic E-state index is 0.0693. The number of carbonyl (C=O) groups excluding carboxylic acids is 1. The highest BCUT2D eigenvalue weighted by molar-refractivity contribution is 7.13. The molecule has 1 unspecified atom stereocenters. The van der Waals surface area contributed by atoms with E-state index in [1.807, 2.05) is 19.9 Å². The molecule has 0 saturated heterocycles. The van der Waals surface area contributed by atoms with Crippen molar-refractivity contribution < 1.29 is 19.7 Å². The van der Waals surface area contributed by atoms with E-state index in [1.165, 1.54) is 35.5 Å². The molecular weight excluding hydrogens is 446 g/mol. The summed E-state index contributed by atoms with van der Waals surface area (Å²) in [6, 6.07) is 6.08. The Morgan fingerprint density at radius 1 is 1.32 bits per heavy atom. The fourth-order valence-corrected chi connectivity index (χ4v) is 5.59. The predicted octanol–water partition coefficient (Wildman–Crippen LogP) is 6.69. The molecule has 0 bridgehead atoms. The van der Waals surface area contributed by atoms with Gasteiger partial charge in [0, 0.05) is 10.8 Å². The Hall–Kier alpha value is -1.68. The van der Waals surface area contributed by atoms with Crippen LogP contribution in [-0.4, -0.2) is 35.5 Å². The Bertz CT molecular complexity index is 757. The molecule has 1 heterocycles. The van der Waals surface area contributed by atoms with Crippen LogP contribution in [0.15, 0.2) is 24.3 Å². The summed E-state index contributed by atoms with van der Waals surface area (Å²) in [4.78, 5) is 13.1. The van der Waals surface area contributed by atoms with Crippen LogP contribution in [0, 0.1) is 28.6 Å². The normalized spacial score (nSPS) is 21.3. The monoisotopic (exact) mass is 491 g/mol. The second-order valence-electron chi connectivity index (χ2n) is 9.02. The van der Waals surface area contributed by atoms with E-state index in [9.17, 15) is 9.90 Å². The molecule has 0 spiro atoms. The topological polar surface area (TPSA) is 90.5 Å². The first-order chi connectivity index (χ1) is 16.5. The van der Waals surface area contributed by atoms with Crippen LogP contribution in [0.3, 0.4) is 0 Å². The Kier molecular flexibility index (Phi) is 15.1. The third kappa shape index (κ3) is 9.52. The highest BCUT2D eigenvalue weighted by Gasteiger charge is 2.40. The zero-order valence-electron chi connectivity index (χ0n) is 21.6. The first kappa shape index (κ1) is 30.4. The van der Waals surface area contributed by atoms with Crippen LogP contribution < -0.4 is 0 Å².